The van der Waals surface area contributed by atoms with Crippen LogP contribution in [0, 0.1) is 0 Å². The Morgan fingerprint density at radius 3 is 2.29 bits per heavy atom. The maximum atomic E-state index is 7.00. The van der Waals surface area contributed by atoms with Crippen LogP contribution in [0.15, 0.2) is 24.3 Å². The van der Waals surface area contributed by atoms with Gasteiger partial charge in [0.05, 0.1) is 7.11 Å². The molecule has 4 nitrogen and oxygen atoms in total. The molecule has 0 bridgehead atoms. The summed E-state index contributed by atoms with van der Waals surface area (Å²) < 4.78 is 5.08. The number of nitrogens with zero attached hydrogens (tertiary/aromatic N) is 1. The van der Waals surface area contributed by atoms with Gasteiger partial charge in [-0.25, -0.2) is 0 Å². The summed E-state index contributed by atoms with van der Waals surface area (Å²) in [5.74, 6) is 0.899. The molecule has 0 unspecified atom stereocenters. The number of methoxy groups -OCH3 is 1. The van der Waals surface area contributed by atoms with Crippen molar-refractivity contribution in [2.75, 3.05) is 26.1 Å². The molecule has 0 saturated carbocycles. The van der Waals surface area contributed by atoms with Crippen LogP contribution in [0.4, 0.5) is 5.69 Å². The summed E-state index contributed by atoms with van der Waals surface area (Å²) in [6.45, 7) is 0. The third-order valence-corrected chi connectivity index (χ3v) is 1.57. The molecule has 0 aliphatic heterocycles. The fraction of sp³-hybridized carbons (Fsp3) is 0.333. The SMILES string of the molecule is COc1cccc(N(C)C)c1.O[B]O. The molecule has 0 aliphatic carbocycles. The Balaban J connectivity index is 0.000000500. The molecule has 1 aromatic carbocycles. The van der Waals surface area contributed by atoms with Gasteiger partial charge in [0, 0.05) is 25.8 Å². The van der Waals surface area contributed by atoms with Crippen LogP contribution in [0.3, 0.4) is 0 Å². The summed E-state index contributed by atoms with van der Waals surface area (Å²) >= 11 is 0. The first-order valence-electron chi connectivity index (χ1n) is 4.07. The van der Waals surface area contributed by atoms with Gasteiger partial charge in [0.25, 0.3) is 0 Å². The van der Waals surface area contributed by atoms with Gasteiger partial charge >= 0.3 is 7.69 Å². The average molecular weight is 196 g/mol. The summed E-state index contributed by atoms with van der Waals surface area (Å²) in [7, 11) is 5.69. The lowest BCUT2D eigenvalue weighted by atomic mass is 10.3. The smallest absolute Gasteiger partial charge is 0.482 e. The predicted molar refractivity (Wildman–Crippen MR) is 57.5 cm³/mol. The zero-order valence-corrected chi connectivity index (χ0v) is 8.64. The van der Waals surface area contributed by atoms with E-state index in [1.165, 1.54) is 0 Å². The monoisotopic (exact) mass is 196 g/mol. The summed E-state index contributed by atoms with van der Waals surface area (Å²) in [6, 6.07) is 7.96. The lowest BCUT2D eigenvalue weighted by Gasteiger charge is -2.12. The number of hydrogen-bond acceptors (Lipinski definition) is 4. The molecule has 14 heavy (non-hydrogen) atoms. The van der Waals surface area contributed by atoms with Crippen molar-refractivity contribution < 1.29 is 14.8 Å². The molecule has 1 aromatic rings. The van der Waals surface area contributed by atoms with Gasteiger partial charge in [-0.2, -0.15) is 0 Å². The Morgan fingerprint density at radius 2 is 1.86 bits per heavy atom. The Morgan fingerprint density at radius 1 is 1.29 bits per heavy atom. The van der Waals surface area contributed by atoms with E-state index in [2.05, 4.69) is 0 Å². The van der Waals surface area contributed by atoms with Gasteiger partial charge in [-0.15, -0.1) is 0 Å². The minimum atomic E-state index is 0. The Bertz CT molecular complexity index is 256. The first kappa shape index (κ1) is 12.8. The van der Waals surface area contributed by atoms with Crippen LogP contribution in [0.25, 0.3) is 0 Å². The largest absolute Gasteiger partial charge is 0.497 e. The summed E-state index contributed by atoms with van der Waals surface area (Å²) in [4.78, 5) is 2.04. The molecule has 0 amide bonds. The molecule has 0 spiro atoms. The van der Waals surface area contributed by atoms with E-state index >= 15 is 0 Å². The Labute approximate surface area is 85.1 Å². The van der Waals surface area contributed by atoms with E-state index in [0.717, 1.165) is 11.4 Å². The van der Waals surface area contributed by atoms with E-state index in [-0.39, 0.29) is 7.69 Å². The molecule has 0 aliphatic rings. The van der Waals surface area contributed by atoms with Gasteiger partial charge in [0.15, 0.2) is 0 Å². The fourth-order valence-corrected chi connectivity index (χ4v) is 0.889. The molecule has 77 valence electrons. The van der Waals surface area contributed by atoms with E-state index in [4.69, 9.17) is 14.8 Å². The van der Waals surface area contributed by atoms with Crippen molar-refractivity contribution >= 4 is 13.4 Å². The molecule has 0 atom stereocenters. The second-order valence-corrected chi connectivity index (χ2v) is 2.71. The maximum Gasteiger partial charge on any atom is 0.482 e. The number of anilines is 1. The van der Waals surface area contributed by atoms with E-state index < -0.39 is 0 Å². The van der Waals surface area contributed by atoms with Crippen molar-refractivity contribution in [1.29, 1.82) is 0 Å². The summed E-state index contributed by atoms with van der Waals surface area (Å²) in [5, 5.41) is 14.0. The predicted octanol–water partition coefficient (Wildman–Crippen LogP) is 0.266. The third-order valence-electron chi connectivity index (χ3n) is 1.57. The van der Waals surface area contributed by atoms with Crippen LogP contribution in [0.1, 0.15) is 0 Å². The van der Waals surface area contributed by atoms with Crippen LogP contribution < -0.4 is 9.64 Å². The van der Waals surface area contributed by atoms with Gasteiger partial charge in [-0.3, -0.25) is 0 Å². The van der Waals surface area contributed by atoms with Crippen LogP contribution in [-0.4, -0.2) is 38.9 Å². The molecule has 0 heterocycles. The maximum absolute atomic E-state index is 7.00. The van der Waals surface area contributed by atoms with Gasteiger partial charge in [-0.1, -0.05) is 6.07 Å². The molecule has 0 aromatic heterocycles. The van der Waals surface area contributed by atoms with E-state index in [1.54, 1.807) is 7.11 Å². The minimum Gasteiger partial charge on any atom is -0.497 e. The van der Waals surface area contributed by atoms with Crippen LogP contribution in [-0.2, 0) is 0 Å². The molecule has 0 saturated heterocycles. The van der Waals surface area contributed by atoms with Crippen molar-refractivity contribution in [3.63, 3.8) is 0 Å². The number of rotatable bonds is 2. The third kappa shape index (κ3) is 4.74. The highest BCUT2D eigenvalue weighted by Gasteiger charge is 1.95. The number of benzene rings is 1. The second-order valence-electron chi connectivity index (χ2n) is 2.71. The topological polar surface area (TPSA) is 52.9 Å². The molecule has 1 radical (unpaired) electrons. The molecule has 0 fully saturated rings. The second kappa shape index (κ2) is 7.23. The van der Waals surface area contributed by atoms with Crippen molar-refractivity contribution in [3.05, 3.63) is 24.3 Å². The van der Waals surface area contributed by atoms with Crippen LogP contribution >= 0.6 is 0 Å². The van der Waals surface area contributed by atoms with E-state index in [9.17, 15) is 0 Å². The van der Waals surface area contributed by atoms with Gasteiger partial charge < -0.3 is 19.7 Å². The first-order valence-corrected chi connectivity index (χ1v) is 4.07. The summed E-state index contributed by atoms with van der Waals surface area (Å²) in [6.07, 6.45) is 0. The zero-order valence-electron chi connectivity index (χ0n) is 8.64. The standard InChI is InChI=1S/C9H13NO.BH2O2/c1-10(2)8-5-4-6-9(7-8)11-3;2-1-3/h4-7H,1-3H3;2-3H. The van der Waals surface area contributed by atoms with Gasteiger partial charge in [-0.05, 0) is 12.1 Å². The van der Waals surface area contributed by atoms with E-state index in [0.29, 0.717) is 0 Å². The first-order chi connectivity index (χ1) is 6.65. The highest BCUT2D eigenvalue weighted by atomic mass is 16.5. The van der Waals surface area contributed by atoms with Gasteiger partial charge in [0.1, 0.15) is 5.75 Å². The Hall–Kier alpha value is -1.20. The molecule has 5 heteroatoms. The molecule has 2 N–H and O–H groups in total. The number of hydrogen-bond donors (Lipinski definition) is 2. The van der Waals surface area contributed by atoms with Crippen molar-refractivity contribution in [3.8, 4) is 5.75 Å². The normalized spacial score (nSPS) is 8.36. The molecular weight excluding hydrogens is 181 g/mol. The Kier molecular flexibility index (Phi) is 6.61. The highest BCUT2D eigenvalue weighted by molar-refractivity contribution is 6.13. The zero-order chi connectivity index (χ0) is 11.0. The van der Waals surface area contributed by atoms with Crippen molar-refractivity contribution in [2.24, 2.45) is 0 Å². The van der Waals surface area contributed by atoms with Crippen LogP contribution in [0.5, 0.6) is 5.75 Å². The lowest BCUT2D eigenvalue weighted by molar-refractivity contribution is 0.415. The number of ether oxygens (including phenoxy) is 1. The minimum absolute atomic E-state index is 0. The van der Waals surface area contributed by atoms with E-state index in [1.807, 2.05) is 43.3 Å². The van der Waals surface area contributed by atoms with Crippen LogP contribution in [0.2, 0.25) is 0 Å². The summed E-state index contributed by atoms with van der Waals surface area (Å²) in [5.41, 5.74) is 1.16. The lowest BCUT2D eigenvalue weighted by Crippen LogP contribution is -2.08. The molecule has 1 rings (SSSR count). The average Bonchev–Trinajstić information content (AvgIpc) is 2.19. The van der Waals surface area contributed by atoms with Gasteiger partial charge in [0.2, 0.25) is 0 Å². The highest BCUT2D eigenvalue weighted by Crippen LogP contribution is 2.18. The van der Waals surface area contributed by atoms with Crippen molar-refractivity contribution in [2.45, 2.75) is 0 Å². The quantitative estimate of drug-likeness (QED) is 0.666. The fourth-order valence-electron chi connectivity index (χ4n) is 0.889. The molecular formula is C9H15BNO3. The van der Waals surface area contributed by atoms with Crippen molar-refractivity contribution in [1.82, 2.24) is 0 Å².